The van der Waals surface area contributed by atoms with Gasteiger partial charge in [0.05, 0.1) is 0 Å². The van der Waals surface area contributed by atoms with Crippen molar-refractivity contribution in [2.24, 2.45) is 0 Å². The molecule has 0 rings (SSSR count). The molecule has 0 aliphatic heterocycles. The van der Waals surface area contributed by atoms with Crippen molar-refractivity contribution >= 4 is 0 Å². The molecule has 0 aromatic heterocycles. The number of aliphatic hydroxyl groups excluding tert-OH is 1. The van der Waals surface area contributed by atoms with E-state index in [0.29, 0.717) is 0 Å². The van der Waals surface area contributed by atoms with E-state index < -0.39 is 0 Å². The van der Waals surface area contributed by atoms with E-state index in [1.165, 1.54) is 0 Å². The molecule has 3 nitrogen and oxygen atoms in total. The Bertz CT molecular complexity index is 47.0. The third-order valence-corrected chi connectivity index (χ3v) is 0.888. The summed E-state index contributed by atoms with van der Waals surface area (Å²) in [6, 6.07) is 0. The molecule has 0 aliphatic rings. The molecule has 0 fully saturated rings. The van der Waals surface area contributed by atoms with Crippen LogP contribution in [0, 0.1) is 0 Å². The van der Waals surface area contributed by atoms with Crippen LogP contribution in [0.15, 0.2) is 0 Å². The minimum atomic E-state index is 0.0764. The second-order valence-electron chi connectivity index (χ2n) is 1.65. The highest BCUT2D eigenvalue weighted by atomic mass is 16.3. The standard InChI is InChI=1S/C4H12N2O/c1-5(2)6(3)4-7/h7H,4H2,1-3H3. The summed E-state index contributed by atoms with van der Waals surface area (Å²) in [5, 5.41) is 11.9. The number of aliphatic hydroxyl groups is 1. The van der Waals surface area contributed by atoms with Gasteiger partial charge in [0.2, 0.25) is 0 Å². The molecule has 0 amide bonds. The summed E-state index contributed by atoms with van der Waals surface area (Å²) >= 11 is 0. The van der Waals surface area contributed by atoms with Crippen LogP contribution in [0.25, 0.3) is 0 Å². The fraction of sp³-hybridized carbons (Fsp3) is 1.00. The second-order valence-corrected chi connectivity index (χ2v) is 1.65. The molecular formula is C4H12N2O. The van der Waals surface area contributed by atoms with Crippen molar-refractivity contribution in [2.45, 2.75) is 0 Å². The molecule has 0 aromatic rings. The Hall–Kier alpha value is -0.120. The molecule has 0 aliphatic carbocycles. The lowest BCUT2D eigenvalue weighted by Gasteiger charge is -2.20. The molecule has 7 heavy (non-hydrogen) atoms. The third-order valence-electron chi connectivity index (χ3n) is 0.888. The van der Waals surface area contributed by atoms with Gasteiger partial charge >= 0.3 is 0 Å². The first-order valence-corrected chi connectivity index (χ1v) is 2.17. The lowest BCUT2D eigenvalue weighted by Crippen LogP contribution is -2.33. The molecular weight excluding hydrogens is 92.1 g/mol. The Morgan fingerprint density at radius 1 is 1.29 bits per heavy atom. The summed E-state index contributed by atoms with van der Waals surface area (Å²) < 4.78 is 0. The van der Waals surface area contributed by atoms with E-state index in [-0.39, 0.29) is 6.73 Å². The summed E-state index contributed by atoms with van der Waals surface area (Å²) in [6.45, 7) is 0.0764. The largest absolute Gasteiger partial charge is 0.380 e. The van der Waals surface area contributed by atoms with Crippen LogP contribution in [0.5, 0.6) is 0 Å². The van der Waals surface area contributed by atoms with Gasteiger partial charge in [-0.25, -0.2) is 10.0 Å². The van der Waals surface area contributed by atoms with E-state index in [0.717, 1.165) is 0 Å². The van der Waals surface area contributed by atoms with Crippen molar-refractivity contribution < 1.29 is 5.11 Å². The Morgan fingerprint density at radius 2 is 1.71 bits per heavy atom. The average molecular weight is 104 g/mol. The highest BCUT2D eigenvalue weighted by Crippen LogP contribution is 1.78. The van der Waals surface area contributed by atoms with Crippen LogP contribution in [-0.2, 0) is 0 Å². The SMILES string of the molecule is CN(C)N(C)CO. The van der Waals surface area contributed by atoms with E-state index in [2.05, 4.69) is 0 Å². The molecule has 44 valence electrons. The maximum atomic E-state index is 8.39. The van der Waals surface area contributed by atoms with Crippen LogP contribution in [0.4, 0.5) is 0 Å². The van der Waals surface area contributed by atoms with Gasteiger partial charge in [0.1, 0.15) is 6.73 Å². The normalized spacial score (nSPS) is 11.1. The molecule has 0 atom stereocenters. The molecule has 0 radical (unpaired) electrons. The zero-order valence-corrected chi connectivity index (χ0v) is 5.05. The molecule has 0 saturated heterocycles. The van der Waals surface area contributed by atoms with E-state index >= 15 is 0 Å². The summed E-state index contributed by atoms with van der Waals surface area (Å²) in [4.78, 5) is 0. The third kappa shape index (κ3) is 2.56. The van der Waals surface area contributed by atoms with Crippen LogP contribution in [0.2, 0.25) is 0 Å². The van der Waals surface area contributed by atoms with Crippen LogP contribution < -0.4 is 0 Å². The Balaban J connectivity index is 3.14. The van der Waals surface area contributed by atoms with Crippen LogP contribution in [0.3, 0.4) is 0 Å². The van der Waals surface area contributed by atoms with E-state index in [1.807, 2.05) is 14.1 Å². The average Bonchev–Trinajstić information content (AvgIpc) is 1.65. The van der Waals surface area contributed by atoms with Crippen molar-refractivity contribution in [3.8, 4) is 0 Å². The van der Waals surface area contributed by atoms with Gasteiger partial charge in [0, 0.05) is 21.1 Å². The van der Waals surface area contributed by atoms with Gasteiger partial charge < -0.3 is 5.11 Å². The number of nitrogens with zero attached hydrogens (tertiary/aromatic N) is 2. The molecule has 0 heterocycles. The van der Waals surface area contributed by atoms with E-state index in [9.17, 15) is 0 Å². The highest BCUT2D eigenvalue weighted by Gasteiger charge is 1.92. The molecule has 3 heteroatoms. The van der Waals surface area contributed by atoms with Gasteiger partial charge in [0.25, 0.3) is 0 Å². The van der Waals surface area contributed by atoms with Gasteiger partial charge in [0.15, 0.2) is 0 Å². The molecule has 0 unspecified atom stereocenters. The van der Waals surface area contributed by atoms with Gasteiger partial charge in [-0.1, -0.05) is 0 Å². The van der Waals surface area contributed by atoms with Gasteiger partial charge in [-0.15, -0.1) is 0 Å². The zero-order valence-electron chi connectivity index (χ0n) is 5.05. The lowest BCUT2D eigenvalue weighted by atomic mass is 11.0. The van der Waals surface area contributed by atoms with Gasteiger partial charge in [-0.05, 0) is 0 Å². The van der Waals surface area contributed by atoms with E-state index in [1.54, 1.807) is 17.1 Å². The predicted octanol–water partition coefficient (Wildman–Crippen LogP) is -0.655. The molecule has 0 aromatic carbocycles. The second kappa shape index (κ2) is 2.96. The minimum Gasteiger partial charge on any atom is -0.380 e. The Labute approximate surface area is 44.1 Å². The number of hydrazine groups is 1. The van der Waals surface area contributed by atoms with Crippen molar-refractivity contribution in [1.29, 1.82) is 0 Å². The van der Waals surface area contributed by atoms with Gasteiger partial charge in [-0.3, -0.25) is 0 Å². The first kappa shape index (κ1) is 6.88. The fourth-order valence-corrected chi connectivity index (χ4v) is 0.126. The van der Waals surface area contributed by atoms with Crippen molar-refractivity contribution in [3.05, 3.63) is 0 Å². The maximum Gasteiger partial charge on any atom is 0.108 e. The Morgan fingerprint density at radius 3 is 1.71 bits per heavy atom. The minimum absolute atomic E-state index is 0.0764. The molecule has 1 N–H and O–H groups in total. The smallest absolute Gasteiger partial charge is 0.108 e. The Kier molecular flexibility index (Phi) is 2.91. The van der Waals surface area contributed by atoms with Crippen molar-refractivity contribution in [1.82, 2.24) is 10.0 Å². The van der Waals surface area contributed by atoms with Gasteiger partial charge in [-0.2, -0.15) is 0 Å². The van der Waals surface area contributed by atoms with Crippen LogP contribution in [-0.4, -0.2) is 43.0 Å². The summed E-state index contributed by atoms with van der Waals surface area (Å²) in [7, 11) is 5.55. The first-order valence-electron chi connectivity index (χ1n) is 2.17. The zero-order chi connectivity index (χ0) is 5.86. The van der Waals surface area contributed by atoms with E-state index in [4.69, 9.17) is 5.11 Å². The topological polar surface area (TPSA) is 26.7 Å². The summed E-state index contributed by atoms with van der Waals surface area (Å²) in [5.41, 5.74) is 0. The predicted molar refractivity (Wildman–Crippen MR) is 28.5 cm³/mol. The summed E-state index contributed by atoms with van der Waals surface area (Å²) in [6.07, 6.45) is 0. The maximum absolute atomic E-state index is 8.39. The fourth-order valence-electron chi connectivity index (χ4n) is 0.126. The molecule has 0 spiro atoms. The van der Waals surface area contributed by atoms with Crippen molar-refractivity contribution in [2.75, 3.05) is 27.9 Å². The van der Waals surface area contributed by atoms with Crippen LogP contribution >= 0.6 is 0 Å². The number of hydrogen-bond acceptors (Lipinski definition) is 3. The molecule has 0 saturated carbocycles. The summed E-state index contributed by atoms with van der Waals surface area (Å²) in [5.74, 6) is 0. The van der Waals surface area contributed by atoms with Crippen molar-refractivity contribution in [3.63, 3.8) is 0 Å². The lowest BCUT2D eigenvalue weighted by molar-refractivity contribution is -0.0224. The number of hydrogen-bond donors (Lipinski definition) is 1. The number of rotatable bonds is 2. The highest BCUT2D eigenvalue weighted by molar-refractivity contribution is 4.26. The van der Waals surface area contributed by atoms with Crippen LogP contribution in [0.1, 0.15) is 0 Å². The first-order chi connectivity index (χ1) is 3.18. The quantitative estimate of drug-likeness (QED) is 0.372. The molecule has 0 bridgehead atoms. The monoisotopic (exact) mass is 104 g/mol.